The molecule has 1 aromatic rings. The van der Waals surface area contributed by atoms with Crippen molar-refractivity contribution < 1.29 is 8.42 Å². The van der Waals surface area contributed by atoms with E-state index in [9.17, 15) is 8.42 Å². The molecule has 1 aliphatic carbocycles. The summed E-state index contributed by atoms with van der Waals surface area (Å²) in [6.07, 6.45) is 2.30. The third-order valence-electron chi connectivity index (χ3n) is 4.03. The van der Waals surface area contributed by atoms with Gasteiger partial charge in [-0.1, -0.05) is 0 Å². The molecule has 1 aromatic carbocycles. The van der Waals surface area contributed by atoms with Crippen LogP contribution in [0.1, 0.15) is 37.8 Å². The van der Waals surface area contributed by atoms with Gasteiger partial charge in [-0.2, -0.15) is 4.31 Å². The lowest BCUT2D eigenvalue weighted by Gasteiger charge is -2.27. The molecule has 5 heteroatoms. The number of anilines is 1. The van der Waals surface area contributed by atoms with Crippen molar-refractivity contribution in [1.29, 1.82) is 0 Å². The fraction of sp³-hybridized carbons (Fsp3) is 0.625. The van der Waals surface area contributed by atoms with Gasteiger partial charge in [-0.3, -0.25) is 0 Å². The normalized spacial score (nSPS) is 15.8. The van der Waals surface area contributed by atoms with Gasteiger partial charge in [0, 0.05) is 25.3 Å². The molecule has 0 bridgehead atoms. The van der Waals surface area contributed by atoms with E-state index in [1.54, 1.807) is 4.31 Å². The number of aryl methyl sites for hydroxylation is 2. The van der Waals surface area contributed by atoms with Crippen LogP contribution in [-0.2, 0) is 10.0 Å². The molecule has 1 N–H and O–H groups in total. The van der Waals surface area contributed by atoms with Crippen LogP contribution in [0.25, 0.3) is 0 Å². The van der Waals surface area contributed by atoms with Gasteiger partial charge in [0.05, 0.1) is 4.90 Å². The van der Waals surface area contributed by atoms with E-state index >= 15 is 0 Å². The fourth-order valence-electron chi connectivity index (χ4n) is 2.76. The predicted octanol–water partition coefficient (Wildman–Crippen LogP) is 3.15. The summed E-state index contributed by atoms with van der Waals surface area (Å²) >= 11 is 0. The van der Waals surface area contributed by atoms with Crippen LogP contribution in [0.4, 0.5) is 5.69 Å². The number of sulfonamides is 1. The Labute approximate surface area is 128 Å². The van der Waals surface area contributed by atoms with Gasteiger partial charge in [0.25, 0.3) is 0 Å². The largest absolute Gasteiger partial charge is 0.388 e. The summed E-state index contributed by atoms with van der Waals surface area (Å²) in [4.78, 5) is 0.468. The maximum Gasteiger partial charge on any atom is 0.243 e. The molecule has 0 amide bonds. The fourth-order valence-corrected chi connectivity index (χ4v) is 4.89. The van der Waals surface area contributed by atoms with Crippen LogP contribution in [0.2, 0.25) is 0 Å². The first-order chi connectivity index (χ1) is 9.77. The average molecular weight is 310 g/mol. The summed E-state index contributed by atoms with van der Waals surface area (Å²) in [5.74, 6) is 0.541. The minimum Gasteiger partial charge on any atom is -0.388 e. The van der Waals surface area contributed by atoms with Gasteiger partial charge in [-0.05, 0) is 69.7 Å². The smallest absolute Gasteiger partial charge is 0.243 e. The zero-order valence-electron chi connectivity index (χ0n) is 13.6. The lowest BCUT2D eigenvalue weighted by molar-refractivity contribution is 0.341. The Morgan fingerprint density at radius 1 is 1.24 bits per heavy atom. The maximum atomic E-state index is 13.1. The molecule has 1 aliphatic rings. The van der Waals surface area contributed by atoms with E-state index in [1.165, 1.54) is 0 Å². The number of hydrogen-bond acceptors (Lipinski definition) is 3. The van der Waals surface area contributed by atoms with Crippen molar-refractivity contribution in [2.24, 2.45) is 5.92 Å². The van der Waals surface area contributed by atoms with Crippen LogP contribution in [0, 0.1) is 19.8 Å². The van der Waals surface area contributed by atoms with Crippen molar-refractivity contribution >= 4 is 15.7 Å². The number of nitrogens with one attached hydrogen (secondary N) is 1. The lowest BCUT2D eigenvalue weighted by Crippen LogP contribution is -2.39. The zero-order valence-corrected chi connectivity index (χ0v) is 14.4. The Kier molecular flexibility index (Phi) is 4.63. The third-order valence-corrected chi connectivity index (χ3v) is 6.37. The molecule has 0 heterocycles. The molecule has 0 radical (unpaired) electrons. The number of benzene rings is 1. The van der Waals surface area contributed by atoms with E-state index < -0.39 is 10.0 Å². The SMILES string of the molecule is CNc1cc(C)c(S(=O)(=O)N(CC2CC2)C(C)C)c(C)c1. The topological polar surface area (TPSA) is 49.4 Å². The highest BCUT2D eigenvalue weighted by Gasteiger charge is 2.34. The van der Waals surface area contributed by atoms with Gasteiger partial charge in [0.1, 0.15) is 0 Å². The lowest BCUT2D eigenvalue weighted by atomic mass is 10.1. The molecule has 0 atom stereocenters. The third kappa shape index (κ3) is 3.40. The van der Waals surface area contributed by atoms with Crippen LogP contribution < -0.4 is 5.32 Å². The molecule has 0 aromatic heterocycles. The van der Waals surface area contributed by atoms with Gasteiger partial charge in [0.2, 0.25) is 10.0 Å². The van der Waals surface area contributed by atoms with Crippen molar-refractivity contribution in [1.82, 2.24) is 4.31 Å². The molecule has 118 valence electrons. The monoisotopic (exact) mass is 310 g/mol. The van der Waals surface area contributed by atoms with Crippen molar-refractivity contribution in [3.05, 3.63) is 23.3 Å². The summed E-state index contributed by atoms with van der Waals surface area (Å²) in [7, 11) is -1.59. The van der Waals surface area contributed by atoms with Crippen molar-refractivity contribution in [2.45, 2.75) is 51.5 Å². The first-order valence-corrected chi connectivity index (χ1v) is 9.02. The van der Waals surface area contributed by atoms with E-state index in [4.69, 9.17) is 0 Å². The molecular weight excluding hydrogens is 284 g/mol. The van der Waals surface area contributed by atoms with Crippen LogP contribution >= 0.6 is 0 Å². The highest BCUT2D eigenvalue weighted by atomic mass is 32.2. The highest BCUT2D eigenvalue weighted by Crippen LogP contribution is 2.34. The molecule has 21 heavy (non-hydrogen) atoms. The van der Waals surface area contributed by atoms with Crippen LogP contribution in [-0.4, -0.2) is 32.4 Å². The molecule has 0 unspecified atom stereocenters. The second-order valence-corrected chi connectivity index (χ2v) is 8.13. The summed E-state index contributed by atoms with van der Waals surface area (Å²) in [5, 5.41) is 3.07. The Hall–Kier alpha value is -1.07. The summed E-state index contributed by atoms with van der Waals surface area (Å²) < 4.78 is 27.8. The predicted molar refractivity (Wildman–Crippen MR) is 87.2 cm³/mol. The quantitative estimate of drug-likeness (QED) is 0.878. The Bertz CT molecular complexity index is 596. The van der Waals surface area contributed by atoms with Crippen molar-refractivity contribution in [3.8, 4) is 0 Å². The Balaban J connectivity index is 2.46. The van der Waals surface area contributed by atoms with E-state index in [1.807, 2.05) is 46.9 Å². The molecule has 0 saturated heterocycles. The standard InChI is InChI=1S/C16H26N2O2S/c1-11(2)18(10-14-6-7-14)21(19,20)16-12(3)8-15(17-5)9-13(16)4/h8-9,11,14,17H,6-7,10H2,1-5H3. The first-order valence-electron chi connectivity index (χ1n) is 7.58. The summed E-state index contributed by atoms with van der Waals surface area (Å²) in [6.45, 7) is 8.29. The van der Waals surface area contributed by atoms with Gasteiger partial charge in [-0.25, -0.2) is 8.42 Å². The summed E-state index contributed by atoms with van der Waals surface area (Å²) in [6, 6.07) is 3.78. The average Bonchev–Trinajstić information content (AvgIpc) is 3.17. The van der Waals surface area contributed by atoms with Crippen LogP contribution in [0.15, 0.2) is 17.0 Å². The van der Waals surface area contributed by atoms with E-state index in [0.29, 0.717) is 17.4 Å². The van der Waals surface area contributed by atoms with Crippen molar-refractivity contribution in [2.75, 3.05) is 18.9 Å². The second-order valence-electron chi connectivity index (χ2n) is 6.30. The van der Waals surface area contributed by atoms with Crippen LogP contribution in [0.3, 0.4) is 0 Å². The van der Waals surface area contributed by atoms with Gasteiger partial charge >= 0.3 is 0 Å². The van der Waals surface area contributed by atoms with E-state index in [0.717, 1.165) is 29.7 Å². The van der Waals surface area contributed by atoms with Gasteiger partial charge in [0.15, 0.2) is 0 Å². The zero-order chi connectivity index (χ0) is 15.8. The maximum absolute atomic E-state index is 13.1. The Morgan fingerprint density at radius 2 is 1.76 bits per heavy atom. The van der Waals surface area contributed by atoms with Crippen LogP contribution in [0.5, 0.6) is 0 Å². The summed E-state index contributed by atoms with van der Waals surface area (Å²) in [5.41, 5.74) is 2.56. The molecule has 1 fully saturated rings. The van der Waals surface area contributed by atoms with Crippen molar-refractivity contribution in [3.63, 3.8) is 0 Å². The molecular formula is C16H26N2O2S. The molecule has 0 aliphatic heterocycles. The first kappa shape index (κ1) is 16.3. The molecule has 0 spiro atoms. The van der Waals surface area contributed by atoms with E-state index in [-0.39, 0.29) is 6.04 Å². The molecule has 2 rings (SSSR count). The number of rotatable bonds is 6. The minimum absolute atomic E-state index is 0.0154. The van der Waals surface area contributed by atoms with Gasteiger partial charge < -0.3 is 5.32 Å². The number of nitrogens with zero attached hydrogens (tertiary/aromatic N) is 1. The second kappa shape index (κ2) is 5.97. The molecule has 1 saturated carbocycles. The van der Waals surface area contributed by atoms with E-state index in [2.05, 4.69) is 5.32 Å². The number of hydrogen-bond donors (Lipinski definition) is 1. The Morgan fingerprint density at radius 3 is 2.14 bits per heavy atom. The minimum atomic E-state index is -3.44. The van der Waals surface area contributed by atoms with Gasteiger partial charge in [-0.15, -0.1) is 0 Å². The highest BCUT2D eigenvalue weighted by molar-refractivity contribution is 7.89. The molecule has 4 nitrogen and oxygen atoms in total.